The maximum absolute atomic E-state index is 12.6. The number of H-pyrrole nitrogens is 1. The van der Waals surface area contributed by atoms with Crippen molar-refractivity contribution in [3.63, 3.8) is 0 Å². The van der Waals surface area contributed by atoms with E-state index in [-0.39, 0.29) is 5.95 Å². The van der Waals surface area contributed by atoms with Crippen molar-refractivity contribution in [3.05, 3.63) is 48.5 Å². The molecular weight excluding hydrogens is 383 g/mol. The van der Waals surface area contributed by atoms with Crippen LogP contribution in [0.15, 0.2) is 43.0 Å². The summed E-state index contributed by atoms with van der Waals surface area (Å²) in [4.78, 5) is 15.7. The maximum atomic E-state index is 12.6. The van der Waals surface area contributed by atoms with Crippen molar-refractivity contribution < 1.29 is 13.2 Å². The van der Waals surface area contributed by atoms with Gasteiger partial charge in [-0.25, -0.2) is 9.97 Å². The minimum absolute atomic E-state index is 0.0382. The molecule has 0 fully saturated rings. The third-order valence-electron chi connectivity index (χ3n) is 4.49. The molecule has 0 spiro atoms. The molecule has 4 rings (SSSR count). The monoisotopic (exact) mass is 397 g/mol. The van der Waals surface area contributed by atoms with E-state index in [4.69, 9.17) is 11.0 Å². The second-order valence-electron chi connectivity index (χ2n) is 6.42. The van der Waals surface area contributed by atoms with Crippen molar-refractivity contribution in [3.8, 4) is 17.2 Å². The molecule has 7 nitrogen and oxygen atoms in total. The smallest absolute Gasteiger partial charge is 0.361 e. The number of nitriles is 1. The van der Waals surface area contributed by atoms with E-state index in [0.29, 0.717) is 22.0 Å². The number of rotatable bonds is 4. The maximum Gasteiger partial charge on any atom is 0.405 e. The number of benzene rings is 1. The van der Waals surface area contributed by atoms with Gasteiger partial charge in [0.15, 0.2) is 0 Å². The van der Waals surface area contributed by atoms with Crippen molar-refractivity contribution in [1.29, 1.82) is 5.26 Å². The van der Waals surface area contributed by atoms with Gasteiger partial charge in [-0.05, 0) is 12.1 Å². The van der Waals surface area contributed by atoms with E-state index in [1.54, 1.807) is 30.7 Å². The number of nitrogens with two attached hydrogens (primary N) is 1. The van der Waals surface area contributed by atoms with Crippen molar-refractivity contribution in [1.82, 2.24) is 19.9 Å². The van der Waals surface area contributed by atoms with Crippen molar-refractivity contribution in [2.24, 2.45) is 5.73 Å². The van der Waals surface area contributed by atoms with Gasteiger partial charge in [0.05, 0.1) is 17.1 Å². The lowest BCUT2D eigenvalue weighted by Crippen LogP contribution is -2.43. The lowest BCUT2D eigenvalue weighted by Gasteiger charge is -2.16. The molecule has 0 bridgehead atoms. The van der Waals surface area contributed by atoms with Crippen LogP contribution in [0.1, 0.15) is 5.56 Å². The summed E-state index contributed by atoms with van der Waals surface area (Å²) >= 11 is 0. The first kappa shape index (κ1) is 18.6. The number of aromatic amines is 1. The third-order valence-corrected chi connectivity index (χ3v) is 4.49. The summed E-state index contributed by atoms with van der Waals surface area (Å²) in [6, 6.07) is 5.32. The van der Waals surface area contributed by atoms with Crippen LogP contribution in [-0.4, -0.2) is 38.7 Å². The number of nitrogens with one attached hydrogen (secondary N) is 2. The highest BCUT2D eigenvalue weighted by Crippen LogP contribution is 2.33. The van der Waals surface area contributed by atoms with Crippen molar-refractivity contribution >= 4 is 27.8 Å². The molecule has 29 heavy (non-hydrogen) atoms. The lowest BCUT2D eigenvalue weighted by atomic mass is 10.0. The van der Waals surface area contributed by atoms with Gasteiger partial charge in [-0.3, -0.25) is 4.98 Å². The Bertz CT molecular complexity index is 1240. The molecule has 0 amide bonds. The second-order valence-corrected chi connectivity index (χ2v) is 6.42. The van der Waals surface area contributed by atoms with Crippen LogP contribution in [0.25, 0.3) is 32.9 Å². The van der Waals surface area contributed by atoms with Crippen LogP contribution in [0.2, 0.25) is 0 Å². The summed E-state index contributed by atoms with van der Waals surface area (Å²) in [7, 11) is 0. The van der Waals surface area contributed by atoms with Crippen LogP contribution in [0, 0.1) is 11.3 Å². The summed E-state index contributed by atoms with van der Waals surface area (Å²) in [5.41, 5.74) is 8.45. The summed E-state index contributed by atoms with van der Waals surface area (Å²) in [5, 5.41) is 13.1. The Labute approximate surface area is 162 Å². The molecule has 1 atom stereocenters. The Kier molecular flexibility index (Phi) is 4.52. The van der Waals surface area contributed by atoms with Gasteiger partial charge in [0.2, 0.25) is 5.95 Å². The normalized spacial score (nSPS) is 12.8. The molecule has 10 heteroatoms. The quantitative estimate of drug-likeness (QED) is 0.486. The molecule has 4 N–H and O–H groups in total. The van der Waals surface area contributed by atoms with Gasteiger partial charge in [0, 0.05) is 58.7 Å². The molecule has 0 saturated heterocycles. The Balaban J connectivity index is 1.75. The molecule has 146 valence electrons. The Hall–Kier alpha value is -3.71. The number of anilines is 1. The van der Waals surface area contributed by atoms with Crippen LogP contribution in [0.4, 0.5) is 19.1 Å². The standard InChI is InChI=1S/C19H14F3N7/c20-19(21,22)16(24)9-28-18-27-6-11-5-25-7-14(17(11)29-18)13-8-26-15-3-10(4-23)1-2-12(13)15/h1-3,5-8,16,26H,9,24H2,(H,27,28,29). The zero-order valence-corrected chi connectivity index (χ0v) is 14.8. The topological polar surface area (TPSA) is 116 Å². The number of nitrogens with zero attached hydrogens (tertiary/aromatic N) is 4. The molecule has 1 unspecified atom stereocenters. The highest BCUT2D eigenvalue weighted by atomic mass is 19.4. The Morgan fingerprint density at radius 3 is 2.79 bits per heavy atom. The van der Waals surface area contributed by atoms with Gasteiger partial charge >= 0.3 is 6.18 Å². The van der Waals surface area contributed by atoms with E-state index >= 15 is 0 Å². The fourth-order valence-electron chi connectivity index (χ4n) is 2.97. The summed E-state index contributed by atoms with van der Waals surface area (Å²) in [5.74, 6) is 0.0382. The van der Waals surface area contributed by atoms with E-state index in [1.165, 1.54) is 6.20 Å². The van der Waals surface area contributed by atoms with Crippen LogP contribution < -0.4 is 11.1 Å². The molecule has 0 aliphatic heterocycles. The van der Waals surface area contributed by atoms with E-state index < -0.39 is 18.8 Å². The molecule has 0 radical (unpaired) electrons. The van der Waals surface area contributed by atoms with Gasteiger partial charge in [-0.15, -0.1) is 0 Å². The fraction of sp³-hybridized carbons (Fsp3) is 0.158. The zero-order valence-electron chi connectivity index (χ0n) is 14.8. The van der Waals surface area contributed by atoms with Gasteiger partial charge in [0.1, 0.15) is 6.04 Å². The molecule has 3 heterocycles. The van der Waals surface area contributed by atoms with Gasteiger partial charge in [-0.2, -0.15) is 18.4 Å². The van der Waals surface area contributed by atoms with E-state index in [9.17, 15) is 13.2 Å². The average molecular weight is 397 g/mol. The zero-order chi connectivity index (χ0) is 20.6. The largest absolute Gasteiger partial charge is 0.405 e. The van der Waals surface area contributed by atoms with E-state index in [1.807, 2.05) is 6.07 Å². The van der Waals surface area contributed by atoms with Gasteiger partial charge in [0.25, 0.3) is 0 Å². The molecule has 1 aromatic carbocycles. The van der Waals surface area contributed by atoms with Crippen LogP contribution in [0.5, 0.6) is 0 Å². The van der Waals surface area contributed by atoms with Crippen molar-refractivity contribution in [2.45, 2.75) is 12.2 Å². The predicted octanol–water partition coefficient (Wildman–Crippen LogP) is 3.35. The third kappa shape index (κ3) is 3.55. The minimum Gasteiger partial charge on any atom is -0.361 e. The van der Waals surface area contributed by atoms with E-state index in [2.05, 4.69) is 31.3 Å². The number of alkyl halides is 3. The number of aromatic nitrogens is 4. The summed E-state index contributed by atoms with van der Waals surface area (Å²) in [6.07, 6.45) is 1.96. The highest BCUT2D eigenvalue weighted by Gasteiger charge is 2.36. The fourth-order valence-corrected chi connectivity index (χ4v) is 2.97. The second kappa shape index (κ2) is 7.03. The molecule has 0 saturated carbocycles. The molecule has 0 aliphatic rings. The molecule has 0 aliphatic carbocycles. The predicted molar refractivity (Wildman–Crippen MR) is 102 cm³/mol. The first-order valence-corrected chi connectivity index (χ1v) is 8.55. The Morgan fingerprint density at radius 1 is 1.21 bits per heavy atom. The molecule has 3 aromatic heterocycles. The number of halogens is 3. The number of pyridine rings is 1. The van der Waals surface area contributed by atoms with E-state index in [0.717, 1.165) is 16.5 Å². The van der Waals surface area contributed by atoms with Crippen molar-refractivity contribution in [2.75, 3.05) is 11.9 Å². The van der Waals surface area contributed by atoms with Gasteiger partial charge in [-0.1, -0.05) is 6.07 Å². The molecular formula is C19H14F3N7. The SMILES string of the molecule is N#Cc1ccc2c(-c3cncc4cnc(NCC(N)C(F)(F)F)nc34)c[nH]c2c1. The van der Waals surface area contributed by atoms with Gasteiger partial charge < -0.3 is 16.0 Å². The van der Waals surface area contributed by atoms with Crippen LogP contribution >= 0.6 is 0 Å². The summed E-state index contributed by atoms with van der Waals surface area (Å²) < 4.78 is 37.9. The number of fused-ring (bicyclic) bond motifs is 2. The first-order chi connectivity index (χ1) is 13.9. The lowest BCUT2D eigenvalue weighted by molar-refractivity contribution is -0.144. The summed E-state index contributed by atoms with van der Waals surface area (Å²) in [6.45, 7) is -0.542. The highest BCUT2D eigenvalue weighted by molar-refractivity contribution is 6.03. The minimum atomic E-state index is -4.51. The molecule has 4 aromatic rings. The average Bonchev–Trinajstić information content (AvgIpc) is 3.13. The Morgan fingerprint density at radius 2 is 2.03 bits per heavy atom. The van der Waals surface area contributed by atoms with Crippen LogP contribution in [0.3, 0.4) is 0 Å². The van der Waals surface area contributed by atoms with Crippen LogP contribution in [-0.2, 0) is 0 Å². The number of hydrogen-bond donors (Lipinski definition) is 3. The number of hydrogen-bond acceptors (Lipinski definition) is 6. The first-order valence-electron chi connectivity index (χ1n) is 8.55.